The maximum Gasteiger partial charge on any atom is 0.166 e. The summed E-state index contributed by atoms with van der Waals surface area (Å²) < 4.78 is 5.12. The van der Waals surface area contributed by atoms with E-state index < -0.39 is 0 Å². The fourth-order valence-electron chi connectivity index (χ4n) is 1.33. The van der Waals surface area contributed by atoms with Crippen molar-refractivity contribution in [3.63, 3.8) is 0 Å². The van der Waals surface area contributed by atoms with Gasteiger partial charge >= 0.3 is 0 Å². The molecule has 1 aromatic carbocycles. The molecule has 0 amide bonds. The van der Waals surface area contributed by atoms with Crippen molar-refractivity contribution in [2.75, 3.05) is 12.9 Å². The molecule has 0 radical (unpaired) electrons. The number of nitrogens with one attached hydrogen (secondary N) is 1. The quantitative estimate of drug-likeness (QED) is 0.827. The SMILES string of the molecule is COc1ccc2nc(SCC(C)=O)[nH]c2c1. The van der Waals surface area contributed by atoms with E-state index in [0.29, 0.717) is 5.75 Å². The summed E-state index contributed by atoms with van der Waals surface area (Å²) in [6.07, 6.45) is 0. The van der Waals surface area contributed by atoms with Crippen molar-refractivity contribution in [1.82, 2.24) is 9.97 Å². The van der Waals surface area contributed by atoms with Crippen molar-refractivity contribution in [3.05, 3.63) is 18.2 Å². The Morgan fingerprint density at radius 2 is 2.38 bits per heavy atom. The van der Waals surface area contributed by atoms with Gasteiger partial charge in [0.2, 0.25) is 0 Å². The van der Waals surface area contributed by atoms with Crippen LogP contribution in [0.4, 0.5) is 0 Å². The summed E-state index contributed by atoms with van der Waals surface area (Å²) in [5, 5.41) is 0.762. The predicted octanol–water partition coefficient (Wildman–Crippen LogP) is 2.25. The molecule has 4 nitrogen and oxygen atoms in total. The minimum Gasteiger partial charge on any atom is -0.497 e. The number of hydrogen-bond acceptors (Lipinski definition) is 4. The summed E-state index contributed by atoms with van der Waals surface area (Å²) in [6.45, 7) is 1.57. The van der Waals surface area contributed by atoms with Crippen molar-refractivity contribution in [2.24, 2.45) is 0 Å². The number of H-pyrrole nitrogens is 1. The van der Waals surface area contributed by atoms with Gasteiger partial charge in [0.15, 0.2) is 5.16 Å². The molecule has 5 heteroatoms. The summed E-state index contributed by atoms with van der Waals surface area (Å²) in [5.74, 6) is 1.37. The van der Waals surface area contributed by atoms with Crippen molar-refractivity contribution in [3.8, 4) is 5.75 Å². The molecule has 0 saturated carbocycles. The lowest BCUT2D eigenvalue weighted by Gasteiger charge is -1.96. The molecule has 84 valence electrons. The Hall–Kier alpha value is -1.49. The Morgan fingerprint density at radius 3 is 3.06 bits per heavy atom. The molecule has 0 saturated heterocycles. The van der Waals surface area contributed by atoms with E-state index in [0.717, 1.165) is 21.9 Å². The molecule has 2 aromatic rings. The number of nitrogens with zero attached hydrogens (tertiary/aromatic N) is 1. The fraction of sp³-hybridized carbons (Fsp3) is 0.273. The first-order valence-electron chi connectivity index (χ1n) is 4.85. The van der Waals surface area contributed by atoms with Crippen LogP contribution >= 0.6 is 11.8 Å². The van der Waals surface area contributed by atoms with Gasteiger partial charge < -0.3 is 9.72 Å². The van der Waals surface area contributed by atoms with Gasteiger partial charge in [-0.05, 0) is 19.1 Å². The number of fused-ring (bicyclic) bond motifs is 1. The molecule has 0 bridgehead atoms. The van der Waals surface area contributed by atoms with Crippen molar-refractivity contribution < 1.29 is 9.53 Å². The number of ether oxygens (including phenoxy) is 1. The second kappa shape index (κ2) is 4.57. The highest BCUT2D eigenvalue weighted by molar-refractivity contribution is 7.99. The molecule has 0 aliphatic heterocycles. The van der Waals surface area contributed by atoms with Gasteiger partial charge in [0, 0.05) is 6.07 Å². The number of aromatic nitrogens is 2. The number of hydrogen-bond donors (Lipinski definition) is 1. The lowest BCUT2D eigenvalue weighted by molar-refractivity contribution is -0.114. The number of carbonyl (C=O) groups is 1. The molecule has 0 unspecified atom stereocenters. The molecule has 2 rings (SSSR count). The average Bonchev–Trinajstić information content (AvgIpc) is 2.67. The third-order valence-corrected chi connectivity index (χ3v) is 3.10. The van der Waals surface area contributed by atoms with Gasteiger partial charge in [-0.3, -0.25) is 4.79 Å². The van der Waals surface area contributed by atoms with Crippen LogP contribution in [0, 0.1) is 0 Å². The van der Waals surface area contributed by atoms with E-state index in [1.165, 1.54) is 11.8 Å². The summed E-state index contributed by atoms with van der Waals surface area (Å²) in [6, 6.07) is 5.64. The molecule has 0 spiro atoms. The van der Waals surface area contributed by atoms with E-state index in [1.54, 1.807) is 14.0 Å². The third-order valence-electron chi connectivity index (χ3n) is 2.08. The maximum absolute atomic E-state index is 10.9. The first-order valence-corrected chi connectivity index (χ1v) is 5.83. The monoisotopic (exact) mass is 236 g/mol. The Kier molecular flexibility index (Phi) is 3.14. The van der Waals surface area contributed by atoms with E-state index in [4.69, 9.17) is 4.74 Å². The fourth-order valence-corrected chi connectivity index (χ4v) is 2.02. The van der Waals surface area contributed by atoms with Gasteiger partial charge in [-0.15, -0.1) is 0 Å². The number of rotatable bonds is 4. The van der Waals surface area contributed by atoms with Gasteiger partial charge in [0.1, 0.15) is 11.5 Å². The molecule has 1 N–H and O–H groups in total. The Balaban J connectivity index is 2.25. The van der Waals surface area contributed by atoms with E-state index in [-0.39, 0.29) is 5.78 Å². The molecular formula is C11H12N2O2S. The summed E-state index contributed by atoms with van der Waals surface area (Å²) in [4.78, 5) is 18.4. The minimum absolute atomic E-state index is 0.142. The second-order valence-corrected chi connectivity index (χ2v) is 4.38. The van der Waals surface area contributed by atoms with E-state index in [1.807, 2.05) is 18.2 Å². The Morgan fingerprint density at radius 1 is 1.56 bits per heavy atom. The van der Waals surface area contributed by atoms with Crippen LogP contribution in [0.15, 0.2) is 23.4 Å². The highest BCUT2D eigenvalue weighted by Crippen LogP contribution is 2.22. The van der Waals surface area contributed by atoms with Crippen LogP contribution in [0.25, 0.3) is 11.0 Å². The van der Waals surface area contributed by atoms with E-state index in [9.17, 15) is 4.79 Å². The summed E-state index contributed by atoms with van der Waals surface area (Å²) in [7, 11) is 1.63. The van der Waals surface area contributed by atoms with Crippen LogP contribution in [0.1, 0.15) is 6.92 Å². The van der Waals surface area contributed by atoms with Crippen molar-refractivity contribution >= 4 is 28.6 Å². The topological polar surface area (TPSA) is 55.0 Å². The summed E-state index contributed by atoms with van der Waals surface area (Å²) in [5.41, 5.74) is 1.80. The number of carbonyl (C=O) groups excluding carboxylic acids is 1. The minimum atomic E-state index is 0.142. The summed E-state index contributed by atoms with van der Waals surface area (Å²) >= 11 is 1.41. The molecule has 0 fully saturated rings. The second-order valence-electron chi connectivity index (χ2n) is 3.42. The van der Waals surface area contributed by atoms with Crippen LogP contribution in [0.3, 0.4) is 0 Å². The maximum atomic E-state index is 10.9. The molecule has 1 heterocycles. The van der Waals surface area contributed by atoms with Crippen LogP contribution in [-0.2, 0) is 4.79 Å². The standard InChI is InChI=1S/C11H12N2O2S/c1-7(14)6-16-11-12-9-4-3-8(15-2)5-10(9)13-11/h3-5H,6H2,1-2H3,(H,12,13). The predicted molar refractivity (Wildman–Crippen MR) is 64.1 cm³/mol. The van der Waals surface area contributed by atoms with Crippen LogP contribution < -0.4 is 4.74 Å². The van der Waals surface area contributed by atoms with Gasteiger partial charge in [-0.1, -0.05) is 11.8 Å². The molecular weight excluding hydrogens is 224 g/mol. The van der Waals surface area contributed by atoms with Gasteiger partial charge in [-0.2, -0.15) is 0 Å². The van der Waals surface area contributed by atoms with Gasteiger partial charge in [0.25, 0.3) is 0 Å². The lowest BCUT2D eigenvalue weighted by atomic mass is 10.3. The normalized spacial score (nSPS) is 10.6. The molecule has 16 heavy (non-hydrogen) atoms. The lowest BCUT2D eigenvalue weighted by Crippen LogP contribution is -1.93. The smallest absolute Gasteiger partial charge is 0.166 e. The number of benzene rings is 1. The van der Waals surface area contributed by atoms with Gasteiger partial charge in [-0.25, -0.2) is 4.98 Å². The Labute approximate surface area is 97.4 Å². The molecule has 0 aliphatic carbocycles. The highest BCUT2D eigenvalue weighted by atomic mass is 32.2. The van der Waals surface area contributed by atoms with Gasteiger partial charge in [0.05, 0.1) is 23.9 Å². The number of imidazole rings is 1. The van der Waals surface area contributed by atoms with E-state index in [2.05, 4.69) is 9.97 Å². The third kappa shape index (κ3) is 2.36. The first-order chi connectivity index (χ1) is 7.69. The van der Waals surface area contributed by atoms with Crippen molar-refractivity contribution in [1.29, 1.82) is 0 Å². The Bertz CT molecular complexity index is 522. The average molecular weight is 236 g/mol. The number of methoxy groups -OCH3 is 1. The highest BCUT2D eigenvalue weighted by Gasteiger charge is 2.05. The zero-order valence-corrected chi connectivity index (χ0v) is 9.93. The number of aromatic amines is 1. The number of thioether (sulfide) groups is 1. The van der Waals surface area contributed by atoms with Crippen LogP contribution in [0.2, 0.25) is 0 Å². The molecule has 1 aromatic heterocycles. The molecule has 0 atom stereocenters. The number of Topliss-reactive ketones (excluding diaryl/α,β-unsaturated/α-hetero) is 1. The number of ketones is 1. The van der Waals surface area contributed by atoms with Crippen LogP contribution in [0.5, 0.6) is 5.75 Å². The van der Waals surface area contributed by atoms with Crippen molar-refractivity contribution in [2.45, 2.75) is 12.1 Å². The molecule has 0 aliphatic rings. The largest absolute Gasteiger partial charge is 0.497 e. The van der Waals surface area contributed by atoms with E-state index >= 15 is 0 Å². The first kappa shape index (κ1) is 11.0. The van der Waals surface area contributed by atoms with Crippen LogP contribution in [-0.4, -0.2) is 28.6 Å². The zero-order chi connectivity index (χ0) is 11.5. The zero-order valence-electron chi connectivity index (χ0n) is 9.11.